The number of aromatic amines is 1. The molecule has 0 radical (unpaired) electrons. The Bertz CT molecular complexity index is 939. The van der Waals surface area contributed by atoms with Crippen molar-refractivity contribution >= 4 is 40.0 Å². The highest BCUT2D eigenvalue weighted by atomic mass is 35.5. The molecule has 1 aromatic carbocycles. The molecule has 0 saturated carbocycles. The molecule has 7 nitrogen and oxygen atoms in total. The van der Waals surface area contributed by atoms with Gasteiger partial charge in [-0.2, -0.15) is 5.10 Å². The maximum atomic E-state index is 12.7. The van der Waals surface area contributed by atoms with Gasteiger partial charge in [0.15, 0.2) is 0 Å². The van der Waals surface area contributed by atoms with E-state index in [4.69, 9.17) is 11.6 Å². The summed E-state index contributed by atoms with van der Waals surface area (Å²) in [7, 11) is 0. The summed E-state index contributed by atoms with van der Waals surface area (Å²) in [5.41, 5.74) is 1.49. The van der Waals surface area contributed by atoms with Crippen LogP contribution >= 0.6 is 11.6 Å². The van der Waals surface area contributed by atoms with Crippen LogP contribution in [0.25, 0.3) is 10.9 Å². The van der Waals surface area contributed by atoms with Crippen LogP contribution in [0, 0.1) is 5.92 Å². The van der Waals surface area contributed by atoms with Crippen LogP contribution < -0.4 is 10.6 Å². The number of hydrogen-bond donors (Lipinski definition) is 3. The third-order valence-corrected chi connectivity index (χ3v) is 4.36. The second-order valence-corrected chi connectivity index (χ2v) is 6.54. The van der Waals surface area contributed by atoms with E-state index in [1.54, 1.807) is 36.5 Å². The zero-order valence-corrected chi connectivity index (χ0v) is 15.0. The average molecular weight is 372 g/mol. The van der Waals surface area contributed by atoms with E-state index < -0.39 is 11.9 Å². The van der Waals surface area contributed by atoms with Gasteiger partial charge in [0.1, 0.15) is 11.7 Å². The highest BCUT2D eigenvalue weighted by Crippen LogP contribution is 2.30. The first kappa shape index (κ1) is 17.9. The van der Waals surface area contributed by atoms with E-state index in [0.29, 0.717) is 16.1 Å². The number of benzene rings is 1. The maximum Gasteiger partial charge on any atom is 0.270 e. The number of amides is 2. The molecule has 0 bridgehead atoms. The Morgan fingerprint density at radius 1 is 1.19 bits per heavy atom. The van der Waals surface area contributed by atoms with Crippen molar-refractivity contribution in [3.8, 4) is 0 Å². The number of H-pyrrole nitrogens is 1. The fourth-order valence-electron chi connectivity index (χ4n) is 2.54. The molecule has 1 unspecified atom stereocenters. The first-order chi connectivity index (χ1) is 12.5. The summed E-state index contributed by atoms with van der Waals surface area (Å²) in [6.45, 7) is 3.70. The van der Waals surface area contributed by atoms with Crippen molar-refractivity contribution in [2.45, 2.75) is 19.9 Å². The van der Waals surface area contributed by atoms with Crippen LogP contribution in [0.1, 0.15) is 24.3 Å². The topological polar surface area (TPSA) is 99.8 Å². The van der Waals surface area contributed by atoms with Gasteiger partial charge < -0.3 is 10.6 Å². The van der Waals surface area contributed by atoms with Crippen molar-refractivity contribution in [3.05, 3.63) is 53.4 Å². The monoisotopic (exact) mass is 371 g/mol. The Balaban J connectivity index is 1.78. The number of hydrogen-bond acceptors (Lipinski definition) is 4. The molecule has 0 aliphatic rings. The molecule has 0 aliphatic carbocycles. The molecule has 1 atom stereocenters. The molecular weight excluding hydrogens is 354 g/mol. The molecule has 0 fully saturated rings. The Hall–Kier alpha value is -2.93. The summed E-state index contributed by atoms with van der Waals surface area (Å²) >= 11 is 6.34. The predicted molar refractivity (Wildman–Crippen MR) is 100 cm³/mol. The van der Waals surface area contributed by atoms with Crippen LogP contribution in [0.3, 0.4) is 0 Å². The van der Waals surface area contributed by atoms with Crippen LogP contribution in [0.2, 0.25) is 5.02 Å². The van der Waals surface area contributed by atoms with Gasteiger partial charge in [-0.3, -0.25) is 19.7 Å². The molecule has 2 aromatic heterocycles. The zero-order valence-electron chi connectivity index (χ0n) is 14.3. The van der Waals surface area contributed by atoms with Crippen LogP contribution in [0.15, 0.2) is 42.7 Å². The molecule has 2 amide bonds. The minimum atomic E-state index is -0.736. The van der Waals surface area contributed by atoms with Gasteiger partial charge in [-0.1, -0.05) is 31.5 Å². The lowest BCUT2D eigenvalue weighted by atomic mass is 10.0. The molecule has 2 heterocycles. The van der Waals surface area contributed by atoms with Crippen molar-refractivity contribution < 1.29 is 9.59 Å². The number of carbonyl (C=O) groups excluding carboxylic acids is 2. The van der Waals surface area contributed by atoms with Gasteiger partial charge in [0, 0.05) is 11.6 Å². The van der Waals surface area contributed by atoms with Gasteiger partial charge in [-0.25, -0.2) is 0 Å². The Kier molecular flexibility index (Phi) is 5.18. The van der Waals surface area contributed by atoms with E-state index in [9.17, 15) is 9.59 Å². The maximum absolute atomic E-state index is 12.7. The number of rotatable bonds is 5. The van der Waals surface area contributed by atoms with E-state index in [0.717, 1.165) is 5.52 Å². The molecule has 3 N–H and O–H groups in total. The summed E-state index contributed by atoms with van der Waals surface area (Å²) in [6, 6.07) is 7.76. The average Bonchev–Trinajstić information content (AvgIpc) is 3.11. The fraction of sp³-hybridized carbons (Fsp3) is 0.222. The SMILES string of the molecule is CC(C)C(NC(=O)c1ccccn1)C(=O)Nc1ccc2[nH]ncc2c1Cl. The zero-order chi connectivity index (χ0) is 18.7. The van der Waals surface area contributed by atoms with Crippen LogP contribution in [-0.2, 0) is 4.79 Å². The van der Waals surface area contributed by atoms with Crippen molar-refractivity contribution in [1.29, 1.82) is 0 Å². The molecule has 0 saturated heterocycles. The lowest BCUT2D eigenvalue weighted by Gasteiger charge is -2.22. The van der Waals surface area contributed by atoms with Gasteiger partial charge in [0.05, 0.1) is 22.4 Å². The Labute approximate surface area is 155 Å². The molecule has 26 heavy (non-hydrogen) atoms. The molecule has 3 rings (SSSR count). The highest BCUT2D eigenvalue weighted by Gasteiger charge is 2.26. The largest absolute Gasteiger partial charge is 0.339 e. The lowest BCUT2D eigenvalue weighted by Crippen LogP contribution is -2.47. The van der Waals surface area contributed by atoms with Crippen LogP contribution in [-0.4, -0.2) is 33.0 Å². The minimum absolute atomic E-state index is 0.126. The number of pyridine rings is 1. The first-order valence-corrected chi connectivity index (χ1v) is 8.49. The minimum Gasteiger partial charge on any atom is -0.339 e. The van der Waals surface area contributed by atoms with Crippen LogP contribution in [0.4, 0.5) is 5.69 Å². The summed E-state index contributed by atoms with van der Waals surface area (Å²) in [5.74, 6) is -0.885. The van der Waals surface area contributed by atoms with Crippen LogP contribution in [0.5, 0.6) is 0 Å². The first-order valence-electron chi connectivity index (χ1n) is 8.11. The number of halogens is 1. The normalized spacial score (nSPS) is 12.2. The summed E-state index contributed by atoms with van der Waals surface area (Å²) in [4.78, 5) is 29.1. The van der Waals surface area contributed by atoms with Gasteiger partial charge in [0.25, 0.3) is 5.91 Å². The van der Waals surface area contributed by atoms with Gasteiger partial charge in [-0.05, 0) is 30.2 Å². The lowest BCUT2D eigenvalue weighted by molar-refractivity contribution is -0.118. The number of aromatic nitrogens is 3. The number of anilines is 1. The smallest absolute Gasteiger partial charge is 0.270 e. The summed E-state index contributed by atoms with van der Waals surface area (Å²) in [5, 5.41) is 13.4. The predicted octanol–water partition coefficient (Wildman–Crippen LogP) is 3.00. The molecule has 0 spiro atoms. The Morgan fingerprint density at radius 2 is 2.00 bits per heavy atom. The highest BCUT2D eigenvalue weighted by molar-refractivity contribution is 6.38. The van der Waals surface area contributed by atoms with E-state index in [2.05, 4.69) is 25.8 Å². The van der Waals surface area contributed by atoms with Gasteiger partial charge in [0.2, 0.25) is 5.91 Å². The van der Waals surface area contributed by atoms with E-state index in [1.807, 2.05) is 13.8 Å². The molecule has 134 valence electrons. The third-order valence-electron chi connectivity index (χ3n) is 3.95. The van der Waals surface area contributed by atoms with E-state index in [1.165, 1.54) is 6.20 Å². The van der Waals surface area contributed by atoms with E-state index >= 15 is 0 Å². The second-order valence-electron chi connectivity index (χ2n) is 6.16. The van der Waals surface area contributed by atoms with Crippen molar-refractivity contribution in [3.63, 3.8) is 0 Å². The molecule has 3 aromatic rings. The fourth-order valence-corrected chi connectivity index (χ4v) is 2.80. The molecule has 0 aliphatic heterocycles. The summed E-state index contributed by atoms with van der Waals surface area (Å²) < 4.78 is 0. The number of nitrogens with one attached hydrogen (secondary N) is 3. The van der Waals surface area contributed by atoms with E-state index in [-0.39, 0.29) is 17.5 Å². The standard InChI is InChI=1S/C18H18ClN5O2/c1-10(2)16(23-17(25)14-5-3-4-8-20-14)18(26)22-13-7-6-12-11(15(13)19)9-21-24-12/h3-10,16H,1-2H3,(H,21,24)(H,22,26)(H,23,25). The number of nitrogens with zero attached hydrogens (tertiary/aromatic N) is 2. The Morgan fingerprint density at radius 3 is 2.69 bits per heavy atom. The molecular formula is C18H18ClN5O2. The van der Waals surface area contributed by atoms with Gasteiger partial charge in [-0.15, -0.1) is 0 Å². The van der Waals surface area contributed by atoms with Crippen molar-refractivity contribution in [2.75, 3.05) is 5.32 Å². The van der Waals surface area contributed by atoms with Crippen molar-refractivity contribution in [2.24, 2.45) is 5.92 Å². The van der Waals surface area contributed by atoms with Crippen molar-refractivity contribution in [1.82, 2.24) is 20.5 Å². The number of fused-ring (bicyclic) bond motifs is 1. The van der Waals surface area contributed by atoms with Gasteiger partial charge >= 0.3 is 0 Å². The quantitative estimate of drug-likeness (QED) is 0.641. The number of carbonyl (C=O) groups is 2. The molecule has 8 heteroatoms. The second kappa shape index (κ2) is 7.53. The summed E-state index contributed by atoms with van der Waals surface area (Å²) in [6.07, 6.45) is 3.12. The third kappa shape index (κ3) is 3.67.